The van der Waals surface area contributed by atoms with Crippen molar-refractivity contribution in [3.63, 3.8) is 0 Å². The van der Waals surface area contributed by atoms with Crippen LogP contribution in [0.3, 0.4) is 0 Å². The van der Waals surface area contributed by atoms with Gasteiger partial charge in [-0.1, -0.05) is 0 Å². The van der Waals surface area contributed by atoms with Gasteiger partial charge in [-0.05, 0) is 18.6 Å². The van der Waals surface area contributed by atoms with Crippen LogP contribution in [-0.4, -0.2) is 40.7 Å². The van der Waals surface area contributed by atoms with Crippen LogP contribution in [0, 0.1) is 11.6 Å². The Balaban J connectivity index is 1.60. The molecule has 0 saturated carbocycles. The van der Waals surface area contributed by atoms with Crippen molar-refractivity contribution in [2.24, 2.45) is 0 Å². The number of H-pyrrole nitrogens is 1. The SMILES string of the molecule is Fc1ccc(-c2nc3c([nH]2)CN(C2CCOC2)CC3)c(F)c1. The van der Waals surface area contributed by atoms with Crippen molar-refractivity contribution in [2.45, 2.75) is 25.4 Å². The molecule has 4 nitrogen and oxygen atoms in total. The van der Waals surface area contributed by atoms with E-state index in [1.165, 1.54) is 12.1 Å². The summed E-state index contributed by atoms with van der Waals surface area (Å²) in [4.78, 5) is 10.1. The van der Waals surface area contributed by atoms with E-state index in [-0.39, 0.29) is 0 Å². The Kier molecular flexibility index (Phi) is 3.43. The molecule has 1 aromatic heterocycles. The minimum atomic E-state index is -0.591. The molecule has 0 aliphatic carbocycles. The zero-order chi connectivity index (χ0) is 15.1. The molecule has 0 spiro atoms. The van der Waals surface area contributed by atoms with E-state index in [4.69, 9.17) is 4.74 Å². The van der Waals surface area contributed by atoms with Gasteiger partial charge in [0.25, 0.3) is 0 Å². The molecule has 6 heteroatoms. The van der Waals surface area contributed by atoms with E-state index < -0.39 is 11.6 Å². The quantitative estimate of drug-likeness (QED) is 0.927. The Labute approximate surface area is 127 Å². The maximum atomic E-state index is 13.9. The Hall–Kier alpha value is -1.79. The highest BCUT2D eigenvalue weighted by Gasteiger charge is 2.28. The van der Waals surface area contributed by atoms with Gasteiger partial charge in [0.1, 0.15) is 17.5 Å². The number of ether oxygens (including phenoxy) is 1. The standard InChI is InChI=1S/C16H17F2N3O/c17-10-1-2-12(13(18)7-10)16-19-14-3-5-21(8-15(14)20-16)11-4-6-22-9-11/h1-2,7,11H,3-6,8-9H2,(H,19,20). The highest BCUT2D eigenvalue weighted by Crippen LogP contribution is 2.27. The summed E-state index contributed by atoms with van der Waals surface area (Å²) >= 11 is 0. The average molecular weight is 305 g/mol. The number of nitrogens with one attached hydrogen (secondary N) is 1. The third-order valence-corrected chi connectivity index (χ3v) is 4.47. The lowest BCUT2D eigenvalue weighted by molar-refractivity contribution is 0.133. The van der Waals surface area contributed by atoms with Crippen molar-refractivity contribution in [1.29, 1.82) is 0 Å². The van der Waals surface area contributed by atoms with Gasteiger partial charge in [-0.2, -0.15) is 0 Å². The zero-order valence-electron chi connectivity index (χ0n) is 12.1. The summed E-state index contributed by atoms with van der Waals surface area (Å²) in [5, 5.41) is 0. The highest BCUT2D eigenvalue weighted by molar-refractivity contribution is 5.57. The summed E-state index contributed by atoms with van der Waals surface area (Å²) in [6.45, 7) is 3.32. The summed E-state index contributed by atoms with van der Waals surface area (Å²) in [5.41, 5.74) is 2.32. The molecule has 1 fully saturated rings. The maximum absolute atomic E-state index is 13.9. The normalized spacial score (nSPS) is 22.0. The first-order valence-corrected chi connectivity index (χ1v) is 7.55. The fraction of sp³-hybridized carbons (Fsp3) is 0.438. The minimum absolute atomic E-state index is 0.312. The van der Waals surface area contributed by atoms with Gasteiger partial charge in [-0.3, -0.25) is 4.90 Å². The van der Waals surface area contributed by atoms with Crippen LogP contribution in [0.5, 0.6) is 0 Å². The number of imidazole rings is 1. The van der Waals surface area contributed by atoms with E-state index in [0.29, 0.717) is 17.4 Å². The molecule has 2 aromatic rings. The van der Waals surface area contributed by atoms with Gasteiger partial charge in [0, 0.05) is 38.2 Å². The number of fused-ring (bicyclic) bond motifs is 1. The number of rotatable bonds is 2. The first-order valence-electron chi connectivity index (χ1n) is 7.55. The summed E-state index contributed by atoms with van der Waals surface area (Å²) in [6, 6.07) is 4.03. The number of hydrogen-bond donors (Lipinski definition) is 1. The third kappa shape index (κ3) is 2.42. The molecular weight excluding hydrogens is 288 g/mol. The third-order valence-electron chi connectivity index (χ3n) is 4.47. The average Bonchev–Trinajstić information content (AvgIpc) is 3.15. The lowest BCUT2D eigenvalue weighted by atomic mass is 10.1. The van der Waals surface area contributed by atoms with Gasteiger partial charge in [0.05, 0.1) is 23.6 Å². The summed E-state index contributed by atoms with van der Waals surface area (Å²) < 4.78 is 32.4. The minimum Gasteiger partial charge on any atom is -0.380 e. The number of halogens is 2. The number of aromatic amines is 1. The highest BCUT2D eigenvalue weighted by atomic mass is 19.1. The molecule has 1 saturated heterocycles. The van der Waals surface area contributed by atoms with Crippen LogP contribution in [-0.2, 0) is 17.7 Å². The van der Waals surface area contributed by atoms with E-state index in [9.17, 15) is 8.78 Å². The lowest BCUT2D eigenvalue weighted by Crippen LogP contribution is -2.39. The molecule has 4 rings (SSSR count). The molecule has 3 heterocycles. The topological polar surface area (TPSA) is 41.2 Å². The van der Waals surface area contributed by atoms with Crippen LogP contribution >= 0.6 is 0 Å². The lowest BCUT2D eigenvalue weighted by Gasteiger charge is -2.30. The van der Waals surface area contributed by atoms with Gasteiger partial charge in [-0.15, -0.1) is 0 Å². The molecule has 22 heavy (non-hydrogen) atoms. The van der Waals surface area contributed by atoms with E-state index >= 15 is 0 Å². The Morgan fingerprint density at radius 3 is 3.00 bits per heavy atom. The Morgan fingerprint density at radius 2 is 2.23 bits per heavy atom. The molecule has 0 radical (unpaired) electrons. The molecule has 0 amide bonds. The molecular formula is C16H17F2N3O. The Bertz CT molecular complexity index is 695. The fourth-order valence-electron chi connectivity index (χ4n) is 3.25. The van der Waals surface area contributed by atoms with Gasteiger partial charge in [0.15, 0.2) is 0 Å². The molecule has 1 aromatic carbocycles. The molecule has 1 unspecified atom stereocenters. The van der Waals surface area contributed by atoms with Crippen molar-refractivity contribution in [3.8, 4) is 11.4 Å². The number of aromatic nitrogens is 2. The van der Waals surface area contributed by atoms with E-state index in [2.05, 4.69) is 14.9 Å². The van der Waals surface area contributed by atoms with Gasteiger partial charge < -0.3 is 9.72 Å². The van der Waals surface area contributed by atoms with E-state index in [1.807, 2.05) is 0 Å². The number of nitrogens with zero attached hydrogens (tertiary/aromatic N) is 2. The summed E-state index contributed by atoms with van der Waals surface area (Å²) in [5.74, 6) is -0.691. The molecule has 0 bridgehead atoms. The van der Waals surface area contributed by atoms with Crippen molar-refractivity contribution in [3.05, 3.63) is 41.2 Å². The Morgan fingerprint density at radius 1 is 1.32 bits per heavy atom. The summed E-state index contributed by atoms with van der Waals surface area (Å²) in [7, 11) is 0. The van der Waals surface area contributed by atoms with Crippen LogP contribution in [0.1, 0.15) is 17.8 Å². The van der Waals surface area contributed by atoms with Crippen LogP contribution in [0.2, 0.25) is 0 Å². The second kappa shape index (κ2) is 5.44. The van der Waals surface area contributed by atoms with Gasteiger partial charge >= 0.3 is 0 Å². The summed E-state index contributed by atoms with van der Waals surface area (Å²) in [6.07, 6.45) is 1.90. The van der Waals surface area contributed by atoms with E-state index in [1.54, 1.807) is 0 Å². The molecule has 1 atom stereocenters. The first-order chi connectivity index (χ1) is 10.7. The van der Waals surface area contributed by atoms with Crippen LogP contribution in [0.25, 0.3) is 11.4 Å². The predicted molar refractivity (Wildman–Crippen MR) is 77.3 cm³/mol. The molecule has 2 aliphatic rings. The van der Waals surface area contributed by atoms with Crippen LogP contribution in [0.4, 0.5) is 8.78 Å². The van der Waals surface area contributed by atoms with Crippen molar-refractivity contribution in [2.75, 3.05) is 19.8 Å². The smallest absolute Gasteiger partial charge is 0.140 e. The van der Waals surface area contributed by atoms with E-state index in [0.717, 1.165) is 56.6 Å². The molecule has 116 valence electrons. The largest absolute Gasteiger partial charge is 0.380 e. The van der Waals surface area contributed by atoms with Crippen LogP contribution in [0.15, 0.2) is 18.2 Å². The van der Waals surface area contributed by atoms with Gasteiger partial charge in [-0.25, -0.2) is 13.8 Å². The number of benzene rings is 1. The van der Waals surface area contributed by atoms with Crippen molar-refractivity contribution < 1.29 is 13.5 Å². The zero-order valence-corrected chi connectivity index (χ0v) is 12.1. The maximum Gasteiger partial charge on any atom is 0.140 e. The van der Waals surface area contributed by atoms with Crippen molar-refractivity contribution in [1.82, 2.24) is 14.9 Å². The molecule has 2 aliphatic heterocycles. The molecule has 1 N–H and O–H groups in total. The fourth-order valence-corrected chi connectivity index (χ4v) is 3.25. The monoisotopic (exact) mass is 305 g/mol. The van der Waals surface area contributed by atoms with Crippen molar-refractivity contribution >= 4 is 0 Å². The second-order valence-corrected chi connectivity index (χ2v) is 5.87. The number of hydrogen-bond acceptors (Lipinski definition) is 3. The van der Waals surface area contributed by atoms with Gasteiger partial charge in [0.2, 0.25) is 0 Å². The predicted octanol–water partition coefficient (Wildman–Crippen LogP) is 2.50. The second-order valence-electron chi connectivity index (χ2n) is 5.87. The first kappa shape index (κ1) is 13.8. The van der Waals surface area contributed by atoms with Crippen LogP contribution < -0.4 is 0 Å².